The molecule has 1 aliphatic carbocycles. The van der Waals surface area contributed by atoms with E-state index in [9.17, 15) is 9.59 Å². The van der Waals surface area contributed by atoms with Crippen LogP contribution in [0.3, 0.4) is 0 Å². The number of amides is 2. The number of carbonyl (C=O) groups is 2. The van der Waals surface area contributed by atoms with Gasteiger partial charge in [0, 0.05) is 30.3 Å². The zero-order chi connectivity index (χ0) is 24.1. The number of rotatable bonds is 9. The Balaban J connectivity index is 1.70. The summed E-state index contributed by atoms with van der Waals surface area (Å²) < 4.78 is 5.68. The van der Waals surface area contributed by atoms with Gasteiger partial charge < -0.3 is 15.4 Å². The molecular formula is C23H26N8O3. The predicted octanol–water partition coefficient (Wildman–Crippen LogP) is 2.60. The van der Waals surface area contributed by atoms with E-state index in [0.29, 0.717) is 29.4 Å². The number of aromatic nitrogens is 4. The van der Waals surface area contributed by atoms with Gasteiger partial charge in [0.1, 0.15) is 0 Å². The van der Waals surface area contributed by atoms with Crippen molar-refractivity contribution >= 4 is 29.0 Å². The standard InChI is InChI=1S/C23H26N8O3/c1-4-26-31-23(33)20-17(10-19(29-30-20)28-22(32)14-8-9-14)27-16-7-5-6-15(21(16)34-3)18-12-24-13(2)11-25-18/h5-7,10-12,14,26H,4,8-9H2,1-3H3,(H,31,33)(H2,27,28,29,32). The van der Waals surface area contributed by atoms with E-state index < -0.39 is 5.91 Å². The number of benzene rings is 1. The Hall–Kier alpha value is -4.12. The molecule has 176 valence electrons. The number of hydrogen-bond acceptors (Lipinski definition) is 9. The Labute approximate surface area is 196 Å². The maximum absolute atomic E-state index is 12.7. The van der Waals surface area contributed by atoms with Gasteiger partial charge in [-0.1, -0.05) is 13.0 Å². The Bertz CT molecular complexity index is 1200. The molecule has 0 saturated heterocycles. The van der Waals surface area contributed by atoms with Crippen molar-refractivity contribution in [1.82, 2.24) is 31.0 Å². The van der Waals surface area contributed by atoms with Crippen molar-refractivity contribution < 1.29 is 14.3 Å². The van der Waals surface area contributed by atoms with Crippen LogP contribution in [0.15, 0.2) is 36.7 Å². The highest BCUT2D eigenvalue weighted by molar-refractivity contribution is 6.00. The second-order valence-electron chi connectivity index (χ2n) is 7.79. The molecule has 2 amide bonds. The first-order chi connectivity index (χ1) is 16.5. The van der Waals surface area contributed by atoms with Gasteiger partial charge in [-0.05, 0) is 31.9 Å². The maximum atomic E-state index is 12.7. The highest BCUT2D eigenvalue weighted by Gasteiger charge is 2.30. The van der Waals surface area contributed by atoms with E-state index in [1.54, 1.807) is 31.6 Å². The molecule has 0 aliphatic heterocycles. The summed E-state index contributed by atoms with van der Waals surface area (Å²) >= 11 is 0. The van der Waals surface area contributed by atoms with Crippen molar-refractivity contribution in [3.63, 3.8) is 0 Å². The number of ether oxygens (including phenoxy) is 1. The van der Waals surface area contributed by atoms with Gasteiger partial charge in [-0.2, -0.15) is 0 Å². The van der Waals surface area contributed by atoms with Crippen LogP contribution in [0.5, 0.6) is 5.75 Å². The third-order valence-electron chi connectivity index (χ3n) is 5.13. The largest absolute Gasteiger partial charge is 0.494 e. The molecule has 0 bridgehead atoms. The van der Waals surface area contributed by atoms with Crippen LogP contribution in [-0.2, 0) is 4.79 Å². The van der Waals surface area contributed by atoms with Crippen molar-refractivity contribution in [2.45, 2.75) is 26.7 Å². The quantitative estimate of drug-likeness (QED) is 0.353. The van der Waals surface area contributed by atoms with Gasteiger partial charge in [-0.3, -0.25) is 25.0 Å². The number of para-hydroxylation sites is 1. The summed E-state index contributed by atoms with van der Waals surface area (Å²) in [4.78, 5) is 33.7. The zero-order valence-corrected chi connectivity index (χ0v) is 19.2. The predicted molar refractivity (Wildman–Crippen MR) is 127 cm³/mol. The van der Waals surface area contributed by atoms with Crippen LogP contribution < -0.4 is 26.2 Å². The average Bonchev–Trinajstić information content (AvgIpc) is 3.69. The topological polar surface area (TPSA) is 143 Å². The second kappa shape index (κ2) is 10.2. The Kier molecular flexibility index (Phi) is 6.93. The minimum atomic E-state index is -0.476. The highest BCUT2D eigenvalue weighted by atomic mass is 16.5. The lowest BCUT2D eigenvalue weighted by Crippen LogP contribution is -2.38. The minimum absolute atomic E-state index is 0.00216. The van der Waals surface area contributed by atoms with Gasteiger partial charge in [0.2, 0.25) is 5.91 Å². The molecule has 0 atom stereocenters. The lowest BCUT2D eigenvalue weighted by Gasteiger charge is -2.17. The normalized spacial score (nSPS) is 12.7. The summed E-state index contributed by atoms with van der Waals surface area (Å²) in [6, 6.07) is 7.09. The molecule has 0 unspecified atom stereocenters. The molecule has 4 N–H and O–H groups in total. The number of nitrogens with zero attached hydrogens (tertiary/aromatic N) is 4. The number of anilines is 3. The fourth-order valence-corrected chi connectivity index (χ4v) is 3.25. The van der Waals surface area contributed by atoms with Crippen molar-refractivity contribution in [2.75, 3.05) is 24.3 Å². The van der Waals surface area contributed by atoms with Crippen molar-refractivity contribution in [2.24, 2.45) is 5.92 Å². The van der Waals surface area contributed by atoms with Crippen molar-refractivity contribution in [1.29, 1.82) is 0 Å². The Morgan fingerprint density at radius 3 is 2.62 bits per heavy atom. The molecule has 1 fully saturated rings. The van der Waals surface area contributed by atoms with Crippen LogP contribution in [0, 0.1) is 12.8 Å². The van der Waals surface area contributed by atoms with E-state index in [-0.39, 0.29) is 23.3 Å². The summed E-state index contributed by atoms with van der Waals surface area (Å²) in [6.07, 6.45) is 5.07. The Morgan fingerprint density at radius 2 is 1.94 bits per heavy atom. The first kappa shape index (κ1) is 23.1. The molecule has 2 aromatic heterocycles. The fourth-order valence-electron chi connectivity index (χ4n) is 3.25. The average molecular weight is 463 g/mol. The van der Waals surface area contributed by atoms with Gasteiger partial charge in [0.15, 0.2) is 17.3 Å². The van der Waals surface area contributed by atoms with Crippen molar-refractivity contribution in [3.8, 4) is 17.0 Å². The van der Waals surface area contributed by atoms with E-state index in [1.165, 1.54) is 0 Å². The van der Waals surface area contributed by atoms with Crippen LogP contribution >= 0.6 is 0 Å². The van der Waals surface area contributed by atoms with Crippen molar-refractivity contribution in [3.05, 3.63) is 48.0 Å². The molecule has 3 aromatic rings. The molecule has 2 heterocycles. The maximum Gasteiger partial charge on any atom is 0.288 e. The summed E-state index contributed by atoms with van der Waals surface area (Å²) in [7, 11) is 1.55. The number of carbonyl (C=O) groups excluding carboxylic acids is 2. The molecule has 0 radical (unpaired) electrons. The van der Waals surface area contributed by atoms with Gasteiger partial charge in [-0.15, -0.1) is 10.2 Å². The van der Waals surface area contributed by atoms with Gasteiger partial charge in [0.05, 0.1) is 36.1 Å². The van der Waals surface area contributed by atoms with Crippen LogP contribution in [0.2, 0.25) is 0 Å². The summed E-state index contributed by atoms with van der Waals surface area (Å²) in [5, 5.41) is 14.1. The van der Waals surface area contributed by atoms with E-state index in [2.05, 4.69) is 41.7 Å². The number of hydrazine groups is 1. The molecule has 34 heavy (non-hydrogen) atoms. The van der Waals surface area contributed by atoms with Crippen LogP contribution in [-0.4, -0.2) is 45.6 Å². The molecule has 1 aromatic carbocycles. The van der Waals surface area contributed by atoms with Gasteiger partial charge in [-0.25, -0.2) is 5.43 Å². The number of hydrogen-bond donors (Lipinski definition) is 4. The molecule has 1 aliphatic rings. The Morgan fingerprint density at radius 1 is 1.12 bits per heavy atom. The summed E-state index contributed by atoms with van der Waals surface area (Å²) in [5.41, 5.74) is 8.47. The van der Waals surface area contributed by atoms with E-state index in [1.807, 2.05) is 26.0 Å². The molecule has 1 saturated carbocycles. The second-order valence-corrected chi connectivity index (χ2v) is 7.79. The number of aryl methyl sites for hydroxylation is 1. The molecule has 4 rings (SSSR count). The zero-order valence-electron chi connectivity index (χ0n) is 19.2. The van der Waals surface area contributed by atoms with E-state index in [4.69, 9.17) is 4.74 Å². The first-order valence-corrected chi connectivity index (χ1v) is 10.9. The van der Waals surface area contributed by atoms with Gasteiger partial charge >= 0.3 is 0 Å². The monoisotopic (exact) mass is 462 g/mol. The lowest BCUT2D eigenvalue weighted by molar-refractivity contribution is -0.117. The highest BCUT2D eigenvalue weighted by Crippen LogP contribution is 2.37. The minimum Gasteiger partial charge on any atom is -0.494 e. The molecule has 11 heteroatoms. The summed E-state index contributed by atoms with van der Waals surface area (Å²) in [6.45, 7) is 4.25. The first-order valence-electron chi connectivity index (χ1n) is 10.9. The molecule has 11 nitrogen and oxygen atoms in total. The molecule has 0 spiro atoms. The number of methoxy groups -OCH3 is 1. The third-order valence-corrected chi connectivity index (χ3v) is 5.13. The third kappa shape index (κ3) is 5.26. The molecular weight excluding hydrogens is 436 g/mol. The van der Waals surface area contributed by atoms with Crippen LogP contribution in [0.25, 0.3) is 11.3 Å². The fraction of sp³-hybridized carbons (Fsp3) is 0.304. The van der Waals surface area contributed by atoms with Gasteiger partial charge in [0.25, 0.3) is 5.91 Å². The van der Waals surface area contributed by atoms with Crippen LogP contribution in [0.4, 0.5) is 17.2 Å². The lowest BCUT2D eigenvalue weighted by atomic mass is 10.1. The SMILES string of the molecule is CCNNC(=O)c1nnc(NC(=O)C2CC2)cc1Nc1cccc(-c2cnc(C)cn2)c1OC. The van der Waals surface area contributed by atoms with E-state index in [0.717, 1.165) is 24.1 Å². The number of nitrogens with one attached hydrogen (secondary N) is 4. The van der Waals surface area contributed by atoms with E-state index >= 15 is 0 Å². The summed E-state index contributed by atoms with van der Waals surface area (Å²) in [5.74, 6) is 0.180. The van der Waals surface area contributed by atoms with Crippen LogP contribution in [0.1, 0.15) is 35.9 Å². The smallest absolute Gasteiger partial charge is 0.288 e.